The Morgan fingerprint density at radius 1 is 1.00 bits per heavy atom. The molecular formula is C23H17ClFN3OS. The zero-order chi connectivity index (χ0) is 20.9. The molecule has 150 valence electrons. The van der Waals surface area contributed by atoms with Gasteiger partial charge in [0.15, 0.2) is 5.13 Å². The van der Waals surface area contributed by atoms with E-state index in [9.17, 15) is 9.18 Å². The lowest BCUT2D eigenvalue weighted by Crippen LogP contribution is -2.22. The maximum absolute atomic E-state index is 13.5. The molecule has 4 aromatic rings. The lowest BCUT2D eigenvalue weighted by Gasteiger charge is -2.06. The average molecular weight is 438 g/mol. The number of hydrogen-bond acceptors (Lipinski definition) is 4. The summed E-state index contributed by atoms with van der Waals surface area (Å²) < 4.78 is 13.5. The fourth-order valence-electron chi connectivity index (χ4n) is 2.87. The summed E-state index contributed by atoms with van der Waals surface area (Å²) in [5.41, 5.74) is 2.92. The zero-order valence-corrected chi connectivity index (χ0v) is 17.3. The van der Waals surface area contributed by atoms with Crippen LogP contribution in [0.4, 0.5) is 15.2 Å². The number of hydrogen-bond donors (Lipinski definition) is 2. The van der Waals surface area contributed by atoms with E-state index in [0.717, 1.165) is 11.1 Å². The number of amides is 1. The van der Waals surface area contributed by atoms with Crippen molar-refractivity contribution in [2.75, 3.05) is 5.32 Å². The van der Waals surface area contributed by atoms with E-state index < -0.39 is 0 Å². The van der Waals surface area contributed by atoms with E-state index >= 15 is 0 Å². The highest BCUT2D eigenvalue weighted by Gasteiger charge is 2.19. The first-order valence-electron chi connectivity index (χ1n) is 9.20. The number of aromatic nitrogens is 1. The number of carbonyl (C=O) groups is 1. The third kappa shape index (κ3) is 4.84. The van der Waals surface area contributed by atoms with Gasteiger partial charge in [0.25, 0.3) is 5.91 Å². The van der Waals surface area contributed by atoms with Crippen molar-refractivity contribution in [1.82, 2.24) is 10.3 Å². The molecule has 0 aliphatic carbocycles. The molecule has 0 unspecified atom stereocenters. The summed E-state index contributed by atoms with van der Waals surface area (Å²) in [6, 6.07) is 22.9. The van der Waals surface area contributed by atoms with Crippen molar-refractivity contribution in [3.8, 4) is 11.3 Å². The van der Waals surface area contributed by atoms with Crippen molar-refractivity contribution in [3.63, 3.8) is 0 Å². The quantitative estimate of drug-likeness (QED) is 0.373. The van der Waals surface area contributed by atoms with Gasteiger partial charge in [-0.05, 0) is 35.9 Å². The Balaban J connectivity index is 1.60. The third-order valence-corrected chi connectivity index (χ3v) is 5.54. The van der Waals surface area contributed by atoms with Gasteiger partial charge in [0.1, 0.15) is 10.7 Å². The highest BCUT2D eigenvalue weighted by molar-refractivity contribution is 7.18. The minimum atomic E-state index is -0.347. The van der Waals surface area contributed by atoms with Crippen molar-refractivity contribution >= 4 is 39.7 Å². The lowest BCUT2D eigenvalue weighted by atomic mass is 10.1. The topological polar surface area (TPSA) is 54.0 Å². The summed E-state index contributed by atoms with van der Waals surface area (Å²) in [6.07, 6.45) is 0. The van der Waals surface area contributed by atoms with Gasteiger partial charge >= 0.3 is 0 Å². The zero-order valence-electron chi connectivity index (χ0n) is 15.7. The van der Waals surface area contributed by atoms with E-state index in [0.29, 0.717) is 33.0 Å². The molecule has 0 fully saturated rings. The van der Waals surface area contributed by atoms with E-state index in [4.69, 9.17) is 11.6 Å². The predicted molar refractivity (Wildman–Crippen MR) is 120 cm³/mol. The van der Waals surface area contributed by atoms with Crippen LogP contribution in [0.15, 0.2) is 78.9 Å². The highest BCUT2D eigenvalue weighted by atomic mass is 35.5. The molecule has 0 spiro atoms. The first-order chi connectivity index (χ1) is 14.6. The number of anilines is 2. The number of benzene rings is 3. The maximum atomic E-state index is 13.5. The molecule has 0 aliphatic rings. The molecule has 0 radical (unpaired) electrons. The second kappa shape index (κ2) is 9.07. The van der Waals surface area contributed by atoms with E-state index in [1.807, 2.05) is 42.5 Å². The largest absolute Gasteiger partial charge is 0.347 e. The molecule has 0 aliphatic heterocycles. The highest BCUT2D eigenvalue weighted by Crippen LogP contribution is 2.33. The first kappa shape index (κ1) is 20.1. The molecule has 7 heteroatoms. The molecule has 0 bridgehead atoms. The number of nitrogens with zero attached hydrogens (tertiary/aromatic N) is 1. The van der Waals surface area contributed by atoms with Crippen LogP contribution in [0.3, 0.4) is 0 Å². The van der Waals surface area contributed by atoms with Crippen molar-refractivity contribution in [3.05, 3.63) is 100 Å². The van der Waals surface area contributed by atoms with Gasteiger partial charge in [-0.25, -0.2) is 9.37 Å². The third-order valence-electron chi connectivity index (χ3n) is 4.32. The van der Waals surface area contributed by atoms with Crippen LogP contribution in [0.1, 0.15) is 15.2 Å². The van der Waals surface area contributed by atoms with Gasteiger partial charge in [0, 0.05) is 22.8 Å². The Morgan fingerprint density at radius 2 is 1.77 bits per heavy atom. The molecule has 1 amide bonds. The van der Waals surface area contributed by atoms with Gasteiger partial charge in [0.05, 0.1) is 5.69 Å². The van der Waals surface area contributed by atoms with Crippen molar-refractivity contribution in [2.45, 2.75) is 6.54 Å². The number of thiazole rings is 1. The SMILES string of the molecule is O=C(NCc1ccc(Cl)cc1)c1sc(Nc2cccc(F)c2)nc1-c1ccccc1. The fraction of sp³-hybridized carbons (Fsp3) is 0.0435. The van der Waals surface area contributed by atoms with E-state index in [1.54, 1.807) is 24.3 Å². The summed E-state index contributed by atoms with van der Waals surface area (Å²) in [5, 5.41) is 7.17. The summed E-state index contributed by atoms with van der Waals surface area (Å²) in [6.45, 7) is 0.370. The maximum Gasteiger partial charge on any atom is 0.264 e. The Kier molecular flexibility index (Phi) is 6.07. The van der Waals surface area contributed by atoms with E-state index in [1.165, 1.54) is 23.5 Å². The predicted octanol–water partition coefficient (Wildman–Crippen LogP) is 6.28. The molecule has 0 atom stereocenters. The van der Waals surface area contributed by atoms with Gasteiger partial charge in [0.2, 0.25) is 0 Å². The molecule has 2 N–H and O–H groups in total. The second-order valence-electron chi connectivity index (χ2n) is 6.51. The summed E-state index contributed by atoms with van der Waals surface area (Å²) >= 11 is 7.14. The van der Waals surface area contributed by atoms with Crippen LogP contribution >= 0.6 is 22.9 Å². The van der Waals surface area contributed by atoms with Crippen molar-refractivity contribution < 1.29 is 9.18 Å². The Hall–Kier alpha value is -3.22. The summed E-state index contributed by atoms with van der Waals surface area (Å²) in [4.78, 5) is 18.0. The van der Waals surface area contributed by atoms with E-state index in [-0.39, 0.29) is 11.7 Å². The van der Waals surface area contributed by atoms with Gasteiger partial charge < -0.3 is 10.6 Å². The smallest absolute Gasteiger partial charge is 0.264 e. The Morgan fingerprint density at radius 3 is 2.50 bits per heavy atom. The minimum Gasteiger partial charge on any atom is -0.347 e. The van der Waals surface area contributed by atoms with Crippen molar-refractivity contribution in [1.29, 1.82) is 0 Å². The Bertz CT molecular complexity index is 1160. The van der Waals surface area contributed by atoms with Crippen LogP contribution in [0.25, 0.3) is 11.3 Å². The summed E-state index contributed by atoms with van der Waals surface area (Å²) in [7, 11) is 0. The number of halogens is 2. The monoisotopic (exact) mass is 437 g/mol. The second-order valence-corrected chi connectivity index (χ2v) is 7.94. The van der Waals surface area contributed by atoms with Gasteiger partial charge in [-0.15, -0.1) is 0 Å². The van der Waals surface area contributed by atoms with Gasteiger partial charge in [-0.3, -0.25) is 4.79 Å². The van der Waals surface area contributed by atoms with Crippen LogP contribution in [0.5, 0.6) is 0 Å². The molecule has 4 rings (SSSR count). The van der Waals surface area contributed by atoms with Gasteiger partial charge in [-0.2, -0.15) is 0 Å². The molecule has 30 heavy (non-hydrogen) atoms. The van der Waals surface area contributed by atoms with Crippen LogP contribution in [0, 0.1) is 5.82 Å². The molecule has 1 aromatic heterocycles. The van der Waals surface area contributed by atoms with Crippen LogP contribution in [-0.4, -0.2) is 10.9 Å². The molecule has 1 heterocycles. The molecule has 0 saturated carbocycles. The van der Waals surface area contributed by atoms with Crippen LogP contribution in [0.2, 0.25) is 5.02 Å². The minimum absolute atomic E-state index is 0.228. The standard InChI is InChI=1S/C23H17ClFN3OS/c24-17-11-9-15(10-12-17)14-26-22(29)21-20(16-5-2-1-3-6-16)28-23(30-21)27-19-8-4-7-18(25)13-19/h1-13H,14H2,(H,26,29)(H,27,28). The van der Waals surface area contributed by atoms with E-state index in [2.05, 4.69) is 15.6 Å². The van der Waals surface area contributed by atoms with Crippen LogP contribution in [-0.2, 0) is 6.54 Å². The fourth-order valence-corrected chi connectivity index (χ4v) is 3.92. The number of carbonyl (C=O) groups excluding carboxylic acids is 1. The Labute approximate surface area is 182 Å². The number of nitrogens with one attached hydrogen (secondary N) is 2. The molecule has 3 aromatic carbocycles. The number of rotatable bonds is 6. The summed E-state index contributed by atoms with van der Waals surface area (Å²) in [5.74, 6) is -0.575. The van der Waals surface area contributed by atoms with Gasteiger partial charge in [-0.1, -0.05) is 71.5 Å². The van der Waals surface area contributed by atoms with Crippen molar-refractivity contribution in [2.24, 2.45) is 0 Å². The average Bonchev–Trinajstić information content (AvgIpc) is 3.18. The lowest BCUT2D eigenvalue weighted by molar-refractivity contribution is 0.0955. The van der Waals surface area contributed by atoms with Crippen LogP contribution < -0.4 is 10.6 Å². The molecule has 0 saturated heterocycles. The molecular weight excluding hydrogens is 421 g/mol. The normalized spacial score (nSPS) is 10.6. The first-order valence-corrected chi connectivity index (χ1v) is 10.4. The molecule has 4 nitrogen and oxygen atoms in total.